The van der Waals surface area contributed by atoms with Crippen LogP contribution in [0.15, 0.2) is 24.3 Å². The molecule has 2 aromatic rings. The van der Waals surface area contributed by atoms with Crippen molar-refractivity contribution in [3.8, 4) is 11.3 Å². The monoisotopic (exact) mass is 258 g/mol. The number of aromatic carboxylic acids is 1. The van der Waals surface area contributed by atoms with Crippen molar-refractivity contribution >= 4 is 5.97 Å². The van der Waals surface area contributed by atoms with Crippen LogP contribution >= 0.6 is 0 Å². The molecular formula is C15H18N2O2. The van der Waals surface area contributed by atoms with Crippen molar-refractivity contribution in [3.63, 3.8) is 0 Å². The molecule has 19 heavy (non-hydrogen) atoms. The average Bonchev–Trinajstić information content (AvgIpc) is 2.77. The number of nitrogens with zero attached hydrogens (tertiary/aromatic N) is 2. The van der Waals surface area contributed by atoms with Gasteiger partial charge in [0.15, 0.2) is 0 Å². The van der Waals surface area contributed by atoms with Crippen molar-refractivity contribution < 1.29 is 9.90 Å². The van der Waals surface area contributed by atoms with Crippen molar-refractivity contribution in [2.45, 2.75) is 33.7 Å². The smallest absolute Gasteiger partial charge is 0.354 e. The normalized spacial score (nSPS) is 11.0. The lowest BCUT2D eigenvalue weighted by Gasteiger charge is -2.07. The Morgan fingerprint density at radius 1 is 1.26 bits per heavy atom. The van der Waals surface area contributed by atoms with Crippen molar-refractivity contribution in [2.24, 2.45) is 0 Å². The Balaban J connectivity index is 2.60. The van der Waals surface area contributed by atoms with E-state index >= 15 is 0 Å². The predicted octanol–water partition coefficient (Wildman–Crippen LogP) is 3.45. The molecule has 100 valence electrons. The van der Waals surface area contributed by atoms with Crippen LogP contribution in [0.25, 0.3) is 11.3 Å². The highest BCUT2D eigenvalue weighted by Gasteiger charge is 2.17. The second kappa shape index (κ2) is 4.88. The fourth-order valence-electron chi connectivity index (χ4n) is 2.09. The zero-order valence-corrected chi connectivity index (χ0v) is 11.6. The highest BCUT2D eigenvalue weighted by atomic mass is 16.4. The van der Waals surface area contributed by atoms with Crippen LogP contribution in [0.2, 0.25) is 0 Å². The maximum Gasteiger partial charge on any atom is 0.354 e. The predicted molar refractivity (Wildman–Crippen MR) is 74.5 cm³/mol. The molecular weight excluding hydrogens is 240 g/mol. The molecule has 0 radical (unpaired) electrons. The summed E-state index contributed by atoms with van der Waals surface area (Å²) < 4.78 is 1.56. The van der Waals surface area contributed by atoms with E-state index in [2.05, 4.69) is 5.10 Å². The van der Waals surface area contributed by atoms with Crippen LogP contribution in [0.4, 0.5) is 0 Å². The molecule has 1 heterocycles. The zero-order valence-electron chi connectivity index (χ0n) is 11.6. The minimum absolute atomic E-state index is 0.0185. The van der Waals surface area contributed by atoms with Crippen LogP contribution in [0, 0.1) is 13.8 Å². The lowest BCUT2D eigenvalue weighted by atomic mass is 10.0. The van der Waals surface area contributed by atoms with Gasteiger partial charge in [0.1, 0.15) is 5.69 Å². The van der Waals surface area contributed by atoms with Gasteiger partial charge in [-0.15, -0.1) is 0 Å². The van der Waals surface area contributed by atoms with Gasteiger partial charge >= 0.3 is 5.97 Å². The van der Waals surface area contributed by atoms with E-state index < -0.39 is 5.97 Å². The highest BCUT2D eigenvalue weighted by Crippen LogP contribution is 2.25. The standard InChI is InChI=1S/C15H18N2O2/c1-9(2)17-14(15(18)19)8-13(16-17)12-7-10(3)5-6-11(12)4/h5-9H,1-4H3,(H,18,19). The number of carboxylic acid groups (broad SMARTS) is 1. The minimum atomic E-state index is -0.947. The van der Waals surface area contributed by atoms with Crippen LogP contribution in [0.5, 0.6) is 0 Å². The molecule has 0 saturated heterocycles. The summed E-state index contributed by atoms with van der Waals surface area (Å²) in [5, 5.41) is 13.7. The maximum absolute atomic E-state index is 11.3. The van der Waals surface area contributed by atoms with Gasteiger partial charge in [-0.3, -0.25) is 4.68 Å². The van der Waals surface area contributed by atoms with Crippen LogP contribution in [0.3, 0.4) is 0 Å². The number of benzene rings is 1. The van der Waals surface area contributed by atoms with Gasteiger partial charge in [0.2, 0.25) is 0 Å². The molecule has 0 saturated carbocycles. The molecule has 0 unspecified atom stereocenters. The van der Waals surface area contributed by atoms with Crippen molar-refractivity contribution in [2.75, 3.05) is 0 Å². The summed E-state index contributed by atoms with van der Waals surface area (Å²) in [7, 11) is 0. The van der Waals surface area contributed by atoms with E-state index in [0.29, 0.717) is 5.69 Å². The summed E-state index contributed by atoms with van der Waals surface area (Å²) in [5.74, 6) is -0.947. The van der Waals surface area contributed by atoms with Gasteiger partial charge < -0.3 is 5.11 Å². The molecule has 1 aromatic heterocycles. The van der Waals surface area contributed by atoms with Crippen LogP contribution in [-0.4, -0.2) is 20.9 Å². The molecule has 2 rings (SSSR count). The van der Waals surface area contributed by atoms with Gasteiger partial charge in [-0.2, -0.15) is 5.10 Å². The van der Waals surface area contributed by atoms with E-state index in [0.717, 1.165) is 16.7 Å². The van der Waals surface area contributed by atoms with E-state index in [-0.39, 0.29) is 11.7 Å². The first kappa shape index (κ1) is 13.3. The first-order chi connectivity index (χ1) is 8.90. The topological polar surface area (TPSA) is 55.1 Å². The number of aromatic nitrogens is 2. The second-order valence-electron chi connectivity index (χ2n) is 5.08. The van der Waals surface area contributed by atoms with E-state index in [1.807, 2.05) is 45.9 Å². The Morgan fingerprint density at radius 2 is 1.95 bits per heavy atom. The van der Waals surface area contributed by atoms with Gasteiger partial charge in [-0.25, -0.2) is 4.79 Å². The molecule has 4 heteroatoms. The molecule has 0 bridgehead atoms. The third-order valence-corrected chi connectivity index (χ3v) is 3.11. The van der Waals surface area contributed by atoms with Crippen LogP contribution in [0.1, 0.15) is 41.5 Å². The Kier molecular flexibility index (Phi) is 3.42. The van der Waals surface area contributed by atoms with Gasteiger partial charge in [0.05, 0.1) is 5.69 Å². The third-order valence-electron chi connectivity index (χ3n) is 3.11. The first-order valence-electron chi connectivity index (χ1n) is 6.30. The summed E-state index contributed by atoms with van der Waals surface area (Å²) in [6.45, 7) is 7.86. The van der Waals surface area contributed by atoms with E-state index in [1.165, 1.54) is 0 Å². The molecule has 0 fully saturated rings. The third kappa shape index (κ3) is 2.52. The Labute approximate surface area is 112 Å². The molecule has 0 spiro atoms. The molecule has 0 atom stereocenters. The van der Waals surface area contributed by atoms with Gasteiger partial charge in [0, 0.05) is 11.6 Å². The molecule has 1 N–H and O–H groups in total. The van der Waals surface area contributed by atoms with E-state index in [4.69, 9.17) is 0 Å². The highest BCUT2D eigenvalue weighted by molar-refractivity contribution is 5.87. The SMILES string of the molecule is Cc1ccc(C)c(-c2cc(C(=O)O)n(C(C)C)n2)c1. The Hall–Kier alpha value is -2.10. The summed E-state index contributed by atoms with van der Waals surface area (Å²) >= 11 is 0. The van der Waals surface area contributed by atoms with Crippen LogP contribution < -0.4 is 0 Å². The summed E-state index contributed by atoms with van der Waals surface area (Å²) in [4.78, 5) is 11.3. The largest absolute Gasteiger partial charge is 0.477 e. The van der Waals surface area contributed by atoms with Gasteiger partial charge in [0.25, 0.3) is 0 Å². The number of rotatable bonds is 3. The molecule has 4 nitrogen and oxygen atoms in total. The number of hydrogen-bond donors (Lipinski definition) is 1. The van der Waals surface area contributed by atoms with Crippen molar-refractivity contribution in [1.29, 1.82) is 0 Å². The summed E-state index contributed by atoms with van der Waals surface area (Å²) in [6.07, 6.45) is 0. The lowest BCUT2D eigenvalue weighted by Crippen LogP contribution is -2.11. The van der Waals surface area contributed by atoms with E-state index in [1.54, 1.807) is 10.7 Å². The van der Waals surface area contributed by atoms with E-state index in [9.17, 15) is 9.90 Å². The fraction of sp³-hybridized carbons (Fsp3) is 0.333. The van der Waals surface area contributed by atoms with Crippen molar-refractivity contribution in [1.82, 2.24) is 9.78 Å². The Bertz CT molecular complexity index is 627. The number of aryl methyl sites for hydroxylation is 2. The summed E-state index contributed by atoms with van der Waals surface area (Å²) in [5.41, 5.74) is 4.16. The quantitative estimate of drug-likeness (QED) is 0.917. The lowest BCUT2D eigenvalue weighted by molar-refractivity contribution is 0.0681. The van der Waals surface area contributed by atoms with Crippen molar-refractivity contribution in [3.05, 3.63) is 41.1 Å². The maximum atomic E-state index is 11.3. The molecule has 0 aliphatic carbocycles. The molecule has 0 aliphatic rings. The summed E-state index contributed by atoms with van der Waals surface area (Å²) in [6, 6.07) is 7.76. The molecule has 0 amide bonds. The molecule has 0 aliphatic heterocycles. The van der Waals surface area contributed by atoms with Gasteiger partial charge in [-0.1, -0.05) is 17.7 Å². The molecule has 1 aromatic carbocycles. The number of carbonyl (C=O) groups is 1. The Morgan fingerprint density at radius 3 is 2.47 bits per heavy atom. The fourth-order valence-corrected chi connectivity index (χ4v) is 2.09. The van der Waals surface area contributed by atoms with Gasteiger partial charge in [-0.05, 0) is 45.4 Å². The average molecular weight is 258 g/mol. The number of hydrogen-bond acceptors (Lipinski definition) is 2. The first-order valence-corrected chi connectivity index (χ1v) is 6.30. The second-order valence-corrected chi connectivity index (χ2v) is 5.08. The number of carboxylic acids is 1. The minimum Gasteiger partial charge on any atom is -0.477 e. The zero-order chi connectivity index (χ0) is 14.2. The van der Waals surface area contributed by atoms with Crippen LogP contribution in [-0.2, 0) is 0 Å².